The smallest absolute Gasteiger partial charge is 0.331 e. The summed E-state index contributed by atoms with van der Waals surface area (Å²) in [5, 5.41) is 2.88. The van der Waals surface area contributed by atoms with Gasteiger partial charge in [0, 0.05) is 0 Å². The van der Waals surface area contributed by atoms with Gasteiger partial charge in [-0.05, 0) is 31.9 Å². The zero-order valence-corrected chi connectivity index (χ0v) is 14.5. The molecular formula is C18H22N2O5. The number of hydrogen-bond acceptors (Lipinski definition) is 6. The van der Waals surface area contributed by atoms with E-state index in [0.29, 0.717) is 35.9 Å². The summed E-state index contributed by atoms with van der Waals surface area (Å²) in [5.74, 6) is 0.749. The molecule has 1 amide bonds. The Hall–Kier alpha value is -2.57. The van der Waals surface area contributed by atoms with Crippen molar-refractivity contribution in [3.05, 3.63) is 29.9 Å². The van der Waals surface area contributed by atoms with Gasteiger partial charge in [-0.2, -0.15) is 0 Å². The minimum Gasteiger partial charge on any atom is -0.467 e. The van der Waals surface area contributed by atoms with Gasteiger partial charge in [0.25, 0.3) is 5.89 Å². The lowest BCUT2D eigenvalue weighted by atomic mass is 9.81. The largest absolute Gasteiger partial charge is 0.467 e. The average molecular weight is 346 g/mol. The summed E-state index contributed by atoms with van der Waals surface area (Å²) in [7, 11) is 1.35. The average Bonchev–Trinajstić information content (AvgIpc) is 3.25. The van der Waals surface area contributed by atoms with Crippen LogP contribution >= 0.6 is 0 Å². The number of nitrogens with zero attached hydrogens (tertiary/aromatic N) is 1. The SMILES string of the molecule is COC(=O)C1(NC(=O)Cc2nc(-c3ccco3)oc2C)CCCCC1. The van der Waals surface area contributed by atoms with E-state index in [4.69, 9.17) is 13.6 Å². The minimum absolute atomic E-state index is 0.0365. The van der Waals surface area contributed by atoms with Crippen molar-refractivity contribution >= 4 is 11.9 Å². The number of amides is 1. The first-order valence-electron chi connectivity index (χ1n) is 8.44. The molecule has 0 bridgehead atoms. The van der Waals surface area contributed by atoms with Crippen molar-refractivity contribution < 1.29 is 23.2 Å². The van der Waals surface area contributed by atoms with Gasteiger partial charge in [0.15, 0.2) is 5.76 Å². The van der Waals surface area contributed by atoms with E-state index < -0.39 is 5.54 Å². The van der Waals surface area contributed by atoms with Crippen LogP contribution in [0.4, 0.5) is 0 Å². The lowest BCUT2D eigenvalue weighted by Crippen LogP contribution is -2.56. The molecule has 0 radical (unpaired) electrons. The Kier molecular flexibility index (Phi) is 4.92. The highest BCUT2D eigenvalue weighted by Crippen LogP contribution is 2.30. The number of ether oxygens (including phenoxy) is 1. The summed E-state index contributed by atoms with van der Waals surface area (Å²) in [6.45, 7) is 1.75. The van der Waals surface area contributed by atoms with Crippen molar-refractivity contribution in [2.75, 3.05) is 7.11 Å². The lowest BCUT2D eigenvalue weighted by molar-refractivity contribution is -0.152. The lowest BCUT2D eigenvalue weighted by Gasteiger charge is -2.35. The Morgan fingerprint density at radius 1 is 1.32 bits per heavy atom. The summed E-state index contributed by atoms with van der Waals surface area (Å²) >= 11 is 0. The fourth-order valence-corrected chi connectivity index (χ4v) is 3.29. The fraction of sp³-hybridized carbons (Fsp3) is 0.500. The quantitative estimate of drug-likeness (QED) is 0.837. The number of aryl methyl sites for hydroxylation is 1. The maximum atomic E-state index is 12.5. The Labute approximate surface area is 145 Å². The van der Waals surface area contributed by atoms with Crippen molar-refractivity contribution in [1.82, 2.24) is 10.3 Å². The highest BCUT2D eigenvalue weighted by molar-refractivity contribution is 5.89. The molecule has 1 aliphatic carbocycles. The third-order valence-corrected chi connectivity index (χ3v) is 4.61. The maximum absolute atomic E-state index is 12.5. The predicted molar refractivity (Wildman–Crippen MR) is 88.6 cm³/mol. The van der Waals surface area contributed by atoms with E-state index >= 15 is 0 Å². The number of hydrogen-bond donors (Lipinski definition) is 1. The Balaban J connectivity index is 1.72. The van der Waals surface area contributed by atoms with Gasteiger partial charge in [-0.15, -0.1) is 0 Å². The van der Waals surface area contributed by atoms with E-state index in [1.165, 1.54) is 13.4 Å². The molecule has 0 aliphatic heterocycles. The zero-order valence-electron chi connectivity index (χ0n) is 14.5. The fourth-order valence-electron chi connectivity index (χ4n) is 3.29. The number of carbonyl (C=O) groups is 2. The standard InChI is InChI=1S/C18H22N2O5/c1-12-13(19-16(25-12)14-7-6-10-24-14)11-15(21)20-18(17(22)23-2)8-4-3-5-9-18/h6-7,10H,3-5,8-9,11H2,1-2H3,(H,20,21). The minimum atomic E-state index is -0.925. The zero-order chi connectivity index (χ0) is 17.9. The maximum Gasteiger partial charge on any atom is 0.331 e. The van der Waals surface area contributed by atoms with E-state index in [-0.39, 0.29) is 18.3 Å². The van der Waals surface area contributed by atoms with Gasteiger partial charge in [0.05, 0.1) is 25.5 Å². The first-order valence-corrected chi connectivity index (χ1v) is 8.44. The molecule has 1 fully saturated rings. The first kappa shape index (κ1) is 17.3. The van der Waals surface area contributed by atoms with Gasteiger partial charge >= 0.3 is 5.97 Å². The Bertz CT molecular complexity index is 742. The van der Waals surface area contributed by atoms with Crippen LogP contribution in [0.5, 0.6) is 0 Å². The van der Waals surface area contributed by atoms with Gasteiger partial charge in [0.1, 0.15) is 11.3 Å². The Morgan fingerprint density at radius 2 is 2.08 bits per heavy atom. The van der Waals surface area contributed by atoms with Gasteiger partial charge < -0.3 is 18.9 Å². The molecule has 0 saturated heterocycles. The van der Waals surface area contributed by atoms with Crippen molar-refractivity contribution in [2.45, 2.75) is 51.0 Å². The molecule has 0 spiro atoms. The molecule has 2 heterocycles. The molecular weight excluding hydrogens is 324 g/mol. The first-order chi connectivity index (χ1) is 12.0. The van der Waals surface area contributed by atoms with Gasteiger partial charge in [-0.1, -0.05) is 19.3 Å². The van der Waals surface area contributed by atoms with Crippen molar-refractivity contribution in [3.8, 4) is 11.7 Å². The molecule has 0 aromatic carbocycles. The van der Waals surface area contributed by atoms with Crippen molar-refractivity contribution in [2.24, 2.45) is 0 Å². The van der Waals surface area contributed by atoms with Gasteiger partial charge in [-0.3, -0.25) is 4.79 Å². The van der Waals surface area contributed by atoms with Crippen LogP contribution in [0.15, 0.2) is 27.2 Å². The number of nitrogens with one attached hydrogen (secondary N) is 1. The second kappa shape index (κ2) is 7.13. The van der Waals surface area contributed by atoms with E-state index in [0.717, 1.165) is 19.3 Å². The van der Waals surface area contributed by atoms with Crippen LogP contribution in [0, 0.1) is 6.92 Å². The molecule has 1 saturated carbocycles. The highest BCUT2D eigenvalue weighted by atomic mass is 16.5. The van der Waals surface area contributed by atoms with Crippen LogP contribution in [0.1, 0.15) is 43.6 Å². The molecule has 134 valence electrons. The summed E-state index contributed by atoms with van der Waals surface area (Å²) in [4.78, 5) is 29.1. The van der Waals surface area contributed by atoms with Crippen LogP contribution in [-0.4, -0.2) is 29.5 Å². The normalized spacial score (nSPS) is 16.4. The molecule has 2 aromatic rings. The number of aromatic nitrogens is 1. The van der Waals surface area contributed by atoms with Crippen molar-refractivity contribution in [1.29, 1.82) is 0 Å². The van der Waals surface area contributed by atoms with Crippen LogP contribution in [0.3, 0.4) is 0 Å². The molecule has 3 rings (SSSR count). The van der Waals surface area contributed by atoms with E-state index in [2.05, 4.69) is 10.3 Å². The summed E-state index contributed by atoms with van der Waals surface area (Å²) in [6, 6.07) is 3.48. The number of methoxy groups -OCH3 is 1. The second-order valence-corrected chi connectivity index (χ2v) is 6.36. The number of esters is 1. The van der Waals surface area contributed by atoms with Crippen LogP contribution < -0.4 is 5.32 Å². The summed E-state index contributed by atoms with van der Waals surface area (Å²) in [6.07, 6.45) is 5.60. The van der Waals surface area contributed by atoms with Gasteiger partial charge in [0.2, 0.25) is 5.91 Å². The molecule has 0 unspecified atom stereocenters. The van der Waals surface area contributed by atoms with Crippen LogP contribution in [0.25, 0.3) is 11.7 Å². The number of rotatable bonds is 5. The number of carbonyl (C=O) groups excluding carboxylic acids is 2. The predicted octanol–water partition coefficient (Wildman–Crippen LogP) is 2.78. The molecule has 7 heteroatoms. The topological polar surface area (TPSA) is 94.6 Å². The van der Waals surface area contributed by atoms with E-state index in [1.54, 1.807) is 19.1 Å². The summed E-state index contributed by atoms with van der Waals surface area (Å²) in [5.41, 5.74) is -0.398. The Morgan fingerprint density at radius 3 is 2.72 bits per heavy atom. The van der Waals surface area contributed by atoms with E-state index in [9.17, 15) is 9.59 Å². The molecule has 25 heavy (non-hydrogen) atoms. The second-order valence-electron chi connectivity index (χ2n) is 6.36. The monoisotopic (exact) mass is 346 g/mol. The third-order valence-electron chi connectivity index (χ3n) is 4.61. The molecule has 0 atom stereocenters. The molecule has 7 nitrogen and oxygen atoms in total. The van der Waals surface area contributed by atoms with Crippen molar-refractivity contribution in [3.63, 3.8) is 0 Å². The molecule has 1 N–H and O–H groups in total. The van der Waals surface area contributed by atoms with E-state index in [1.807, 2.05) is 0 Å². The third kappa shape index (κ3) is 3.60. The van der Waals surface area contributed by atoms with Crippen LogP contribution in [0.2, 0.25) is 0 Å². The number of oxazole rings is 1. The number of furan rings is 1. The van der Waals surface area contributed by atoms with Crippen LogP contribution in [-0.2, 0) is 20.7 Å². The molecule has 1 aliphatic rings. The summed E-state index contributed by atoms with van der Waals surface area (Å²) < 4.78 is 15.7. The molecule has 2 aromatic heterocycles. The van der Waals surface area contributed by atoms with Gasteiger partial charge in [-0.25, -0.2) is 9.78 Å². The highest BCUT2D eigenvalue weighted by Gasteiger charge is 2.42.